The summed E-state index contributed by atoms with van der Waals surface area (Å²) in [5, 5.41) is 0. The zero-order valence-corrected chi connectivity index (χ0v) is 9.75. The first kappa shape index (κ1) is 11.4. The zero-order chi connectivity index (χ0) is 11.5. The van der Waals surface area contributed by atoms with E-state index in [1.54, 1.807) is 12.1 Å². The fourth-order valence-electron chi connectivity index (χ4n) is 2.50. The van der Waals surface area contributed by atoms with Crippen LogP contribution in [0.15, 0.2) is 18.2 Å². The van der Waals surface area contributed by atoms with E-state index in [0.717, 1.165) is 25.1 Å². The van der Waals surface area contributed by atoms with Gasteiger partial charge in [0.05, 0.1) is 0 Å². The minimum Gasteiger partial charge on any atom is -0.398 e. The third-order valence-corrected chi connectivity index (χ3v) is 3.45. The highest BCUT2D eigenvalue weighted by Gasteiger charge is 2.23. The van der Waals surface area contributed by atoms with Gasteiger partial charge in [-0.3, -0.25) is 4.90 Å². The number of halogens is 1. The SMILES string of the molecule is CCC1CCCN1Cc1cc(F)ccc1N. The predicted molar refractivity (Wildman–Crippen MR) is 64.5 cm³/mol. The van der Waals surface area contributed by atoms with E-state index in [1.807, 2.05) is 0 Å². The lowest BCUT2D eigenvalue weighted by Gasteiger charge is -2.23. The molecule has 1 fully saturated rings. The molecule has 2 N–H and O–H groups in total. The number of rotatable bonds is 3. The van der Waals surface area contributed by atoms with E-state index in [-0.39, 0.29) is 5.82 Å². The summed E-state index contributed by atoms with van der Waals surface area (Å²) in [7, 11) is 0. The molecule has 1 aliphatic heterocycles. The van der Waals surface area contributed by atoms with Crippen LogP contribution >= 0.6 is 0 Å². The number of benzene rings is 1. The van der Waals surface area contributed by atoms with Crippen molar-refractivity contribution in [1.29, 1.82) is 0 Å². The largest absolute Gasteiger partial charge is 0.398 e. The van der Waals surface area contributed by atoms with Gasteiger partial charge in [0.2, 0.25) is 0 Å². The Balaban J connectivity index is 2.11. The standard InChI is InChI=1S/C13H19FN2/c1-2-12-4-3-7-16(12)9-10-8-11(14)5-6-13(10)15/h5-6,8,12H,2-4,7,9,15H2,1H3. The number of hydrogen-bond donors (Lipinski definition) is 1. The van der Waals surface area contributed by atoms with Crippen molar-refractivity contribution in [2.24, 2.45) is 0 Å². The quantitative estimate of drug-likeness (QED) is 0.797. The minimum absolute atomic E-state index is 0.198. The second kappa shape index (κ2) is 4.83. The Morgan fingerprint density at radius 2 is 2.31 bits per heavy atom. The molecule has 0 aromatic heterocycles. The van der Waals surface area contributed by atoms with Crippen molar-refractivity contribution in [2.45, 2.75) is 38.8 Å². The van der Waals surface area contributed by atoms with Crippen molar-refractivity contribution in [3.63, 3.8) is 0 Å². The Kier molecular flexibility index (Phi) is 3.44. The summed E-state index contributed by atoms with van der Waals surface area (Å²) >= 11 is 0. The molecule has 1 heterocycles. The Morgan fingerprint density at radius 3 is 3.06 bits per heavy atom. The molecule has 0 amide bonds. The van der Waals surface area contributed by atoms with Crippen molar-refractivity contribution in [1.82, 2.24) is 4.90 Å². The highest BCUT2D eigenvalue weighted by molar-refractivity contribution is 5.46. The molecular weight excluding hydrogens is 203 g/mol. The van der Waals surface area contributed by atoms with Gasteiger partial charge >= 0.3 is 0 Å². The van der Waals surface area contributed by atoms with Crippen LogP contribution < -0.4 is 5.73 Å². The Bertz CT molecular complexity index is 365. The molecule has 1 aromatic carbocycles. The van der Waals surface area contributed by atoms with Crippen molar-refractivity contribution >= 4 is 5.69 Å². The van der Waals surface area contributed by atoms with Crippen molar-refractivity contribution in [3.05, 3.63) is 29.6 Å². The average molecular weight is 222 g/mol. The van der Waals surface area contributed by atoms with E-state index in [9.17, 15) is 4.39 Å². The molecule has 3 heteroatoms. The molecule has 1 aromatic rings. The minimum atomic E-state index is -0.198. The van der Waals surface area contributed by atoms with Gasteiger partial charge in [-0.15, -0.1) is 0 Å². The van der Waals surface area contributed by atoms with E-state index < -0.39 is 0 Å². The fourth-order valence-corrected chi connectivity index (χ4v) is 2.50. The molecule has 1 atom stereocenters. The number of likely N-dealkylation sites (tertiary alicyclic amines) is 1. The van der Waals surface area contributed by atoms with Crippen molar-refractivity contribution in [2.75, 3.05) is 12.3 Å². The van der Waals surface area contributed by atoms with Crippen LogP contribution in [0.2, 0.25) is 0 Å². The molecule has 16 heavy (non-hydrogen) atoms. The lowest BCUT2D eigenvalue weighted by molar-refractivity contribution is 0.240. The van der Waals surface area contributed by atoms with Gasteiger partial charge in [-0.1, -0.05) is 6.92 Å². The molecule has 88 valence electrons. The topological polar surface area (TPSA) is 29.3 Å². The van der Waals surface area contributed by atoms with Gasteiger partial charge in [-0.25, -0.2) is 4.39 Å². The van der Waals surface area contributed by atoms with Gasteiger partial charge in [-0.2, -0.15) is 0 Å². The van der Waals surface area contributed by atoms with Crippen LogP contribution in [0.25, 0.3) is 0 Å². The van der Waals surface area contributed by atoms with Gasteiger partial charge < -0.3 is 5.73 Å². The molecule has 1 unspecified atom stereocenters. The van der Waals surface area contributed by atoms with Crippen LogP contribution in [0.5, 0.6) is 0 Å². The van der Waals surface area contributed by atoms with E-state index in [2.05, 4.69) is 11.8 Å². The molecule has 1 saturated heterocycles. The first-order valence-electron chi connectivity index (χ1n) is 5.98. The normalized spacial score (nSPS) is 21.5. The van der Waals surface area contributed by atoms with Crippen molar-refractivity contribution < 1.29 is 4.39 Å². The first-order valence-corrected chi connectivity index (χ1v) is 5.98. The summed E-state index contributed by atoms with van der Waals surface area (Å²) in [6.07, 6.45) is 3.66. The molecule has 2 rings (SSSR count). The van der Waals surface area contributed by atoms with Gasteiger partial charge in [-0.05, 0) is 49.6 Å². The molecule has 0 spiro atoms. The van der Waals surface area contributed by atoms with E-state index >= 15 is 0 Å². The monoisotopic (exact) mass is 222 g/mol. The predicted octanol–water partition coefficient (Wildman–Crippen LogP) is 2.78. The maximum absolute atomic E-state index is 13.1. The third-order valence-electron chi connectivity index (χ3n) is 3.45. The lowest BCUT2D eigenvalue weighted by atomic mass is 10.1. The fraction of sp³-hybridized carbons (Fsp3) is 0.538. The summed E-state index contributed by atoms with van der Waals surface area (Å²) in [6, 6.07) is 5.27. The first-order chi connectivity index (χ1) is 7.70. The highest BCUT2D eigenvalue weighted by Crippen LogP contribution is 2.24. The lowest BCUT2D eigenvalue weighted by Crippen LogP contribution is -2.28. The summed E-state index contributed by atoms with van der Waals surface area (Å²) in [4.78, 5) is 2.41. The van der Waals surface area contributed by atoms with Gasteiger partial charge in [0.25, 0.3) is 0 Å². The number of nitrogens with two attached hydrogens (primary N) is 1. The maximum atomic E-state index is 13.1. The van der Waals surface area contributed by atoms with E-state index in [1.165, 1.54) is 18.9 Å². The van der Waals surface area contributed by atoms with Crippen molar-refractivity contribution in [3.8, 4) is 0 Å². The highest BCUT2D eigenvalue weighted by atomic mass is 19.1. The Morgan fingerprint density at radius 1 is 1.50 bits per heavy atom. The smallest absolute Gasteiger partial charge is 0.123 e. The van der Waals surface area contributed by atoms with Crippen LogP contribution in [0, 0.1) is 5.82 Å². The Hall–Kier alpha value is -1.09. The zero-order valence-electron chi connectivity index (χ0n) is 9.75. The van der Waals surface area contributed by atoms with E-state index in [0.29, 0.717) is 11.7 Å². The van der Waals surface area contributed by atoms with Crippen LogP contribution in [-0.2, 0) is 6.54 Å². The van der Waals surface area contributed by atoms with Gasteiger partial charge in [0.15, 0.2) is 0 Å². The van der Waals surface area contributed by atoms with Gasteiger partial charge in [0.1, 0.15) is 5.82 Å². The summed E-state index contributed by atoms with van der Waals surface area (Å²) < 4.78 is 13.1. The molecule has 0 bridgehead atoms. The second-order valence-electron chi connectivity index (χ2n) is 4.52. The summed E-state index contributed by atoms with van der Waals surface area (Å²) in [6.45, 7) is 4.09. The van der Waals surface area contributed by atoms with Gasteiger partial charge in [0, 0.05) is 18.3 Å². The molecule has 0 saturated carbocycles. The molecule has 0 aliphatic carbocycles. The van der Waals surface area contributed by atoms with Crippen LogP contribution in [0.4, 0.5) is 10.1 Å². The average Bonchev–Trinajstić information content (AvgIpc) is 2.71. The van der Waals surface area contributed by atoms with Crippen LogP contribution in [0.3, 0.4) is 0 Å². The second-order valence-corrected chi connectivity index (χ2v) is 4.52. The molecule has 2 nitrogen and oxygen atoms in total. The number of hydrogen-bond acceptors (Lipinski definition) is 2. The molecule has 1 aliphatic rings. The maximum Gasteiger partial charge on any atom is 0.123 e. The third kappa shape index (κ3) is 2.35. The molecule has 0 radical (unpaired) electrons. The summed E-state index contributed by atoms with van der Waals surface area (Å²) in [5.74, 6) is -0.198. The molecular formula is C13H19FN2. The number of nitrogens with zero attached hydrogens (tertiary/aromatic N) is 1. The van der Waals surface area contributed by atoms with Crippen LogP contribution in [-0.4, -0.2) is 17.5 Å². The van der Waals surface area contributed by atoms with E-state index in [4.69, 9.17) is 5.73 Å². The number of anilines is 1. The summed E-state index contributed by atoms with van der Waals surface area (Å²) in [5.41, 5.74) is 7.48. The Labute approximate surface area is 96.2 Å². The van der Waals surface area contributed by atoms with Crippen LogP contribution in [0.1, 0.15) is 31.7 Å². The number of nitrogen functional groups attached to an aromatic ring is 1.